The Labute approximate surface area is 225 Å². The highest BCUT2D eigenvalue weighted by Crippen LogP contribution is 2.33. The van der Waals surface area contributed by atoms with Crippen LogP contribution in [0.4, 0.5) is 0 Å². The molecule has 0 heterocycles. The number of hydrogen-bond acceptors (Lipinski definition) is 8. The van der Waals surface area contributed by atoms with Crippen molar-refractivity contribution in [3.8, 4) is 34.1 Å². The van der Waals surface area contributed by atoms with Gasteiger partial charge in [0.2, 0.25) is 0 Å². The smallest absolute Gasteiger partial charge is 0.343 e. The Morgan fingerprint density at radius 3 is 1.46 bits per heavy atom. The van der Waals surface area contributed by atoms with Crippen LogP contribution in [0.1, 0.15) is 31.1 Å². The van der Waals surface area contributed by atoms with Crippen molar-refractivity contribution in [1.82, 2.24) is 0 Å². The Morgan fingerprint density at radius 2 is 0.949 bits per heavy atom. The number of carbonyl (C=O) groups excluding carboxylic acids is 4. The summed E-state index contributed by atoms with van der Waals surface area (Å²) in [5.74, 6) is -2.36. The van der Waals surface area contributed by atoms with Gasteiger partial charge in [-0.15, -0.1) is 0 Å². The third-order valence-electron chi connectivity index (χ3n) is 5.10. The van der Waals surface area contributed by atoms with Crippen LogP contribution in [0.15, 0.2) is 103 Å². The van der Waals surface area contributed by atoms with Crippen molar-refractivity contribution in [1.29, 1.82) is 0 Å². The van der Waals surface area contributed by atoms with Gasteiger partial charge in [0.05, 0.1) is 5.56 Å². The first-order chi connectivity index (χ1) is 18.4. The topological polar surface area (TPSA) is 105 Å². The number of hydrogen-bond donors (Lipinski definition) is 0. The molecule has 198 valence electrons. The van der Waals surface area contributed by atoms with Crippen LogP contribution in [0.5, 0.6) is 23.0 Å². The summed E-state index contributed by atoms with van der Waals surface area (Å²) >= 11 is 0. The van der Waals surface area contributed by atoms with Crippen LogP contribution >= 0.6 is 0 Å². The normalized spacial score (nSPS) is 10.1. The lowest BCUT2D eigenvalue weighted by Gasteiger charge is -2.12. The average molecular weight is 527 g/mol. The summed E-state index contributed by atoms with van der Waals surface area (Å²) in [6, 6.07) is 17.6. The molecule has 0 N–H and O–H groups in total. The quantitative estimate of drug-likeness (QED) is 0.189. The monoisotopic (exact) mass is 526 g/mol. The highest BCUT2D eigenvalue weighted by atomic mass is 16.6. The van der Waals surface area contributed by atoms with E-state index in [9.17, 15) is 19.2 Å². The molecule has 0 aromatic heterocycles. The van der Waals surface area contributed by atoms with Crippen LogP contribution in [0.3, 0.4) is 0 Å². The van der Waals surface area contributed by atoms with Crippen LogP contribution in [-0.2, 0) is 14.4 Å². The SMILES string of the molecule is C=C(C)C(=O)Oc1ccc(-c2ccc(C(=O)Oc3ccc(OC(=O)C(=C)C)c(OC(=O)C(=C)C)c3)cc2)cc1. The molecule has 3 rings (SSSR count). The van der Waals surface area contributed by atoms with Crippen molar-refractivity contribution < 1.29 is 38.1 Å². The van der Waals surface area contributed by atoms with E-state index in [0.29, 0.717) is 11.3 Å². The average Bonchev–Trinajstić information content (AvgIpc) is 2.90. The zero-order valence-corrected chi connectivity index (χ0v) is 21.7. The molecule has 0 aliphatic rings. The molecule has 0 spiro atoms. The number of esters is 4. The van der Waals surface area contributed by atoms with Gasteiger partial charge >= 0.3 is 23.9 Å². The molecule has 0 unspecified atom stereocenters. The number of rotatable bonds is 9. The van der Waals surface area contributed by atoms with Gasteiger partial charge in [0, 0.05) is 22.8 Å². The Balaban J connectivity index is 1.75. The summed E-state index contributed by atoms with van der Waals surface area (Å²) in [6.45, 7) is 15.1. The second-order valence-electron chi connectivity index (χ2n) is 8.61. The van der Waals surface area contributed by atoms with Crippen molar-refractivity contribution >= 4 is 23.9 Å². The lowest BCUT2D eigenvalue weighted by molar-refractivity contribution is -0.132. The molecule has 0 atom stereocenters. The van der Waals surface area contributed by atoms with Crippen molar-refractivity contribution in [2.75, 3.05) is 0 Å². The van der Waals surface area contributed by atoms with Crippen LogP contribution < -0.4 is 18.9 Å². The highest BCUT2D eigenvalue weighted by Gasteiger charge is 2.18. The Morgan fingerprint density at radius 1 is 0.513 bits per heavy atom. The minimum Gasteiger partial charge on any atom is -0.423 e. The van der Waals surface area contributed by atoms with Gasteiger partial charge in [-0.05, 0) is 68.3 Å². The number of benzene rings is 3. The highest BCUT2D eigenvalue weighted by molar-refractivity contribution is 5.93. The van der Waals surface area contributed by atoms with E-state index < -0.39 is 23.9 Å². The molecule has 3 aromatic rings. The minimum absolute atomic E-state index is 0.0536. The molecule has 0 aliphatic heterocycles. The maximum atomic E-state index is 12.8. The zero-order chi connectivity index (χ0) is 28.7. The van der Waals surface area contributed by atoms with E-state index in [4.69, 9.17) is 18.9 Å². The molecule has 39 heavy (non-hydrogen) atoms. The molecule has 0 radical (unpaired) electrons. The van der Waals surface area contributed by atoms with Crippen molar-refractivity contribution in [2.24, 2.45) is 0 Å². The van der Waals surface area contributed by atoms with Crippen molar-refractivity contribution in [3.63, 3.8) is 0 Å². The first-order valence-electron chi connectivity index (χ1n) is 11.6. The van der Waals surface area contributed by atoms with E-state index in [0.717, 1.165) is 11.1 Å². The van der Waals surface area contributed by atoms with Gasteiger partial charge in [-0.3, -0.25) is 0 Å². The molecular formula is C31H26O8. The number of ether oxygens (including phenoxy) is 4. The third-order valence-corrected chi connectivity index (χ3v) is 5.10. The van der Waals surface area contributed by atoms with E-state index in [1.54, 1.807) is 55.5 Å². The Kier molecular flexibility index (Phi) is 8.96. The minimum atomic E-state index is -0.747. The van der Waals surface area contributed by atoms with Crippen LogP contribution in [0.25, 0.3) is 11.1 Å². The van der Waals surface area contributed by atoms with E-state index in [2.05, 4.69) is 19.7 Å². The van der Waals surface area contributed by atoms with Gasteiger partial charge < -0.3 is 18.9 Å². The van der Waals surface area contributed by atoms with Crippen LogP contribution in [-0.4, -0.2) is 23.9 Å². The first kappa shape index (κ1) is 28.3. The Hall–Kier alpha value is -5.24. The summed E-state index contributed by atoms with van der Waals surface area (Å²) in [4.78, 5) is 48.4. The van der Waals surface area contributed by atoms with E-state index in [-0.39, 0.29) is 34.0 Å². The first-order valence-corrected chi connectivity index (χ1v) is 11.6. The number of carbonyl (C=O) groups is 4. The van der Waals surface area contributed by atoms with Gasteiger partial charge in [-0.25, -0.2) is 19.2 Å². The van der Waals surface area contributed by atoms with Crippen molar-refractivity contribution in [3.05, 3.63) is 109 Å². The Bertz CT molecular complexity index is 1480. The van der Waals surface area contributed by atoms with Gasteiger partial charge in [-0.1, -0.05) is 44.0 Å². The molecule has 0 saturated carbocycles. The molecule has 8 nitrogen and oxygen atoms in total. The molecule has 0 amide bonds. The fraction of sp³-hybridized carbons (Fsp3) is 0.0968. The van der Waals surface area contributed by atoms with E-state index >= 15 is 0 Å². The second-order valence-corrected chi connectivity index (χ2v) is 8.61. The van der Waals surface area contributed by atoms with Crippen LogP contribution in [0, 0.1) is 0 Å². The largest absolute Gasteiger partial charge is 0.423 e. The zero-order valence-electron chi connectivity index (χ0n) is 21.7. The molecule has 0 aliphatic carbocycles. The summed E-state index contributed by atoms with van der Waals surface area (Å²) in [5, 5.41) is 0. The van der Waals surface area contributed by atoms with Gasteiger partial charge in [0.1, 0.15) is 11.5 Å². The predicted octanol–water partition coefficient (Wildman–Crippen LogP) is 6.02. The van der Waals surface area contributed by atoms with Gasteiger partial charge in [-0.2, -0.15) is 0 Å². The molecule has 8 heteroatoms. The summed E-state index contributed by atoms with van der Waals surface area (Å²) < 4.78 is 21.1. The second kappa shape index (κ2) is 12.3. The van der Waals surface area contributed by atoms with E-state index in [1.807, 2.05) is 0 Å². The maximum absolute atomic E-state index is 12.8. The summed E-state index contributed by atoms with van der Waals surface area (Å²) in [6.07, 6.45) is 0. The molecular weight excluding hydrogens is 500 g/mol. The maximum Gasteiger partial charge on any atom is 0.343 e. The fourth-order valence-corrected chi connectivity index (χ4v) is 2.96. The molecule has 3 aromatic carbocycles. The predicted molar refractivity (Wildman–Crippen MR) is 145 cm³/mol. The fourth-order valence-electron chi connectivity index (χ4n) is 2.96. The molecule has 0 bridgehead atoms. The lowest BCUT2D eigenvalue weighted by atomic mass is 10.0. The summed E-state index contributed by atoms with van der Waals surface area (Å²) in [5.41, 5.74) is 2.50. The van der Waals surface area contributed by atoms with Gasteiger partial charge in [0.15, 0.2) is 11.5 Å². The summed E-state index contributed by atoms with van der Waals surface area (Å²) in [7, 11) is 0. The van der Waals surface area contributed by atoms with Crippen molar-refractivity contribution in [2.45, 2.75) is 20.8 Å². The third kappa shape index (κ3) is 7.62. The lowest BCUT2D eigenvalue weighted by Crippen LogP contribution is -2.13. The van der Waals surface area contributed by atoms with E-state index in [1.165, 1.54) is 32.0 Å². The van der Waals surface area contributed by atoms with Crippen LogP contribution in [0.2, 0.25) is 0 Å². The standard InChI is InChI=1S/C31H26O8/c1-18(2)28(32)36-24-13-11-22(12-14-24)21-7-9-23(10-8-21)31(35)37-25-15-16-26(38-29(33)19(3)4)27(17-25)39-30(34)20(5)6/h7-17H,1,3,5H2,2,4,6H3. The van der Waals surface area contributed by atoms with Gasteiger partial charge in [0.25, 0.3) is 0 Å². The molecule has 0 fully saturated rings. The molecule has 0 saturated heterocycles.